The second-order valence-corrected chi connectivity index (χ2v) is 6.24. The molecule has 0 aliphatic carbocycles. The zero-order chi connectivity index (χ0) is 17.3. The van der Waals surface area contributed by atoms with Gasteiger partial charge in [-0.25, -0.2) is 0 Å². The van der Waals surface area contributed by atoms with E-state index in [1.807, 2.05) is 54.6 Å². The van der Waals surface area contributed by atoms with Crippen molar-refractivity contribution in [1.82, 2.24) is 4.90 Å². The molecule has 3 rings (SSSR count). The van der Waals surface area contributed by atoms with Crippen molar-refractivity contribution < 1.29 is 4.74 Å². The smallest absolute Gasteiger partial charge is 0.193 e. The molecule has 5 nitrogen and oxygen atoms in total. The van der Waals surface area contributed by atoms with Gasteiger partial charge in [-0.2, -0.15) is 0 Å². The maximum absolute atomic E-state index is 6.00. The van der Waals surface area contributed by atoms with E-state index in [9.17, 15) is 0 Å². The second-order valence-electron chi connectivity index (χ2n) is 6.24. The van der Waals surface area contributed by atoms with Crippen molar-refractivity contribution in [2.45, 2.75) is 19.3 Å². The van der Waals surface area contributed by atoms with Crippen LogP contribution < -0.4 is 15.8 Å². The highest BCUT2D eigenvalue weighted by molar-refractivity contribution is 5.92. The lowest BCUT2D eigenvalue weighted by molar-refractivity contribution is 0.235. The molecular formula is C20H26N4O. The molecular weight excluding hydrogens is 312 g/mol. The molecule has 0 spiro atoms. The van der Waals surface area contributed by atoms with E-state index in [0.717, 1.165) is 30.3 Å². The molecule has 5 heteroatoms. The minimum absolute atomic E-state index is 0.439. The Balaban J connectivity index is 1.51. The van der Waals surface area contributed by atoms with Crippen LogP contribution in [0.2, 0.25) is 0 Å². The lowest BCUT2D eigenvalue weighted by Gasteiger charge is -2.25. The average molecular weight is 338 g/mol. The highest BCUT2D eigenvalue weighted by atomic mass is 16.5. The van der Waals surface area contributed by atoms with E-state index in [2.05, 4.69) is 15.2 Å². The van der Waals surface area contributed by atoms with Crippen LogP contribution in [0.4, 0.5) is 5.69 Å². The van der Waals surface area contributed by atoms with Crippen molar-refractivity contribution >= 4 is 11.6 Å². The fourth-order valence-electron chi connectivity index (χ4n) is 2.94. The van der Waals surface area contributed by atoms with Gasteiger partial charge in [0.2, 0.25) is 0 Å². The van der Waals surface area contributed by atoms with Crippen molar-refractivity contribution in [3.63, 3.8) is 0 Å². The molecule has 0 atom stereocenters. The Bertz CT molecular complexity index is 681. The van der Waals surface area contributed by atoms with Crippen LogP contribution in [0.5, 0.6) is 11.5 Å². The number of piperidine rings is 1. The van der Waals surface area contributed by atoms with Crippen LogP contribution in [0.3, 0.4) is 0 Å². The molecule has 0 aromatic heterocycles. The third-order valence-corrected chi connectivity index (χ3v) is 4.23. The zero-order valence-electron chi connectivity index (χ0n) is 14.5. The predicted molar refractivity (Wildman–Crippen MR) is 103 cm³/mol. The van der Waals surface area contributed by atoms with Gasteiger partial charge in [-0.05, 0) is 50.2 Å². The number of guanidine groups is 1. The third-order valence-electron chi connectivity index (χ3n) is 4.23. The van der Waals surface area contributed by atoms with E-state index in [4.69, 9.17) is 10.5 Å². The SMILES string of the molecule is NC(=NCCN1CCCCC1)Nc1cccc(Oc2ccccc2)c1. The molecule has 0 amide bonds. The molecule has 1 heterocycles. The summed E-state index contributed by atoms with van der Waals surface area (Å²) in [5.74, 6) is 2.01. The van der Waals surface area contributed by atoms with Gasteiger partial charge in [0, 0.05) is 18.3 Å². The Hall–Kier alpha value is -2.53. The molecule has 0 saturated carbocycles. The summed E-state index contributed by atoms with van der Waals surface area (Å²) in [4.78, 5) is 6.88. The first-order valence-electron chi connectivity index (χ1n) is 8.92. The van der Waals surface area contributed by atoms with Gasteiger partial charge in [0.05, 0.1) is 6.54 Å². The maximum Gasteiger partial charge on any atom is 0.193 e. The number of ether oxygens (including phenoxy) is 1. The molecule has 2 aromatic rings. The van der Waals surface area contributed by atoms with Crippen LogP contribution in [-0.4, -0.2) is 37.0 Å². The standard InChI is InChI=1S/C20H26N4O/c21-20(22-12-15-24-13-5-2-6-14-24)23-17-8-7-11-19(16-17)25-18-9-3-1-4-10-18/h1,3-4,7-11,16H,2,5-6,12-15H2,(H3,21,22,23). The number of likely N-dealkylation sites (tertiary alicyclic amines) is 1. The van der Waals surface area contributed by atoms with Gasteiger partial charge < -0.3 is 20.7 Å². The number of para-hydroxylation sites is 1. The van der Waals surface area contributed by atoms with Gasteiger partial charge in [-0.15, -0.1) is 0 Å². The van der Waals surface area contributed by atoms with Crippen molar-refractivity contribution in [1.29, 1.82) is 0 Å². The summed E-state index contributed by atoms with van der Waals surface area (Å²) < 4.78 is 5.83. The number of nitrogens with zero attached hydrogens (tertiary/aromatic N) is 2. The van der Waals surface area contributed by atoms with E-state index in [0.29, 0.717) is 5.96 Å². The van der Waals surface area contributed by atoms with Crippen molar-refractivity contribution in [3.05, 3.63) is 54.6 Å². The van der Waals surface area contributed by atoms with Crippen molar-refractivity contribution in [3.8, 4) is 11.5 Å². The summed E-state index contributed by atoms with van der Waals surface area (Å²) in [6, 6.07) is 17.4. The largest absolute Gasteiger partial charge is 0.457 e. The first-order chi connectivity index (χ1) is 12.3. The number of aliphatic imine (C=N–C) groups is 1. The van der Waals surface area contributed by atoms with Crippen LogP contribution >= 0.6 is 0 Å². The molecule has 1 fully saturated rings. The first kappa shape index (κ1) is 17.3. The first-order valence-corrected chi connectivity index (χ1v) is 8.92. The number of anilines is 1. The topological polar surface area (TPSA) is 62.9 Å². The molecule has 0 bridgehead atoms. The zero-order valence-corrected chi connectivity index (χ0v) is 14.5. The Labute approximate surface area is 149 Å². The van der Waals surface area contributed by atoms with Crippen LogP contribution in [-0.2, 0) is 0 Å². The number of nitrogens with two attached hydrogens (primary N) is 1. The van der Waals surface area contributed by atoms with E-state index in [-0.39, 0.29) is 0 Å². The summed E-state index contributed by atoms with van der Waals surface area (Å²) in [6.45, 7) is 4.06. The number of nitrogens with one attached hydrogen (secondary N) is 1. The third kappa shape index (κ3) is 5.80. The molecule has 0 radical (unpaired) electrons. The molecule has 25 heavy (non-hydrogen) atoms. The Morgan fingerprint density at radius 2 is 1.76 bits per heavy atom. The minimum Gasteiger partial charge on any atom is -0.457 e. The van der Waals surface area contributed by atoms with Crippen LogP contribution in [0.25, 0.3) is 0 Å². The summed E-state index contributed by atoms with van der Waals surface area (Å²) in [7, 11) is 0. The minimum atomic E-state index is 0.439. The molecule has 2 aromatic carbocycles. The van der Waals surface area contributed by atoms with Crippen LogP contribution in [0.1, 0.15) is 19.3 Å². The summed E-state index contributed by atoms with van der Waals surface area (Å²) in [5, 5.41) is 3.14. The second kappa shape index (κ2) is 9.08. The Morgan fingerprint density at radius 1 is 1.00 bits per heavy atom. The lowest BCUT2D eigenvalue weighted by Crippen LogP contribution is -2.32. The van der Waals surface area contributed by atoms with E-state index in [1.54, 1.807) is 0 Å². The Kier molecular flexibility index (Phi) is 6.29. The number of rotatable bonds is 6. The van der Waals surface area contributed by atoms with Gasteiger partial charge in [-0.3, -0.25) is 4.99 Å². The Morgan fingerprint density at radius 3 is 2.56 bits per heavy atom. The predicted octanol–water partition coefficient (Wildman–Crippen LogP) is 3.69. The average Bonchev–Trinajstić information content (AvgIpc) is 2.64. The monoisotopic (exact) mass is 338 g/mol. The van der Waals surface area contributed by atoms with Gasteiger partial charge in [0.25, 0.3) is 0 Å². The fourth-order valence-corrected chi connectivity index (χ4v) is 2.94. The summed E-state index contributed by atoms with van der Waals surface area (Å²) in [5.41, 5.74) is 6.87. The van der Waals surface area contributed by atoms with Crippen molar-refractivity contribution in [2.75, 3.05) is 31.5 Å². The highest BCUT2D eigenvalue weighted by Crippen LogP contribution is 2.23. The molecule has 1 saturated heterocycles. The number of hydrogen-bond acceptors (Lipinski definition) is 3. The molecule has 0 unspecified atom stereocenters. The lowest BCUT2D eigenvalue weighted by atomic mass is 10.1. The number of hydrogen-bond donors (Lipinski definition) is 2. The normalized spacial score (nSPS) is 15.8. The number of benzene rings is 2. The van der Waals surface area contributed by atoms with E-state index < -0.39 is 0 Å². The van der Waals surface area contributed by atoms with Gasteiger partial charge in [0.15, 0.2) is 5.96 Å². The quantitative estimate of drug-likeness (QED) is 0.623. The van der Waals surface area contributed by atoms with E-state index >= 15 is 0 Å². The fraction of sp³-hybridized carbons (Fsp3) is 0.350. The van der Waals surface area contributed by atoms with Crippen LogP contribution in [0.15, 0.2) is 59.6 Å². The van der Waals surface area contributed by atoms with Gasteiger partial charge in [0.1, 0.15) is 11.5 Å². The molecule has 1 aliphatic heterocycles. The molecule has 1 aliphatic rings. The van der Waals surface area contributed by atoms with Gasteiger partial charge >= 0.3 is 0 Å². The molecule has 132 valence electrons. The van der Waals surface area contributed by atoms with Gasteiger partial charge in [-0.1, -0.05) is 30.7 Å². The van der Waals surface area contributed by atoms with Crippen molar-refractivity contribution in [2.24, 2.45) is 10.7 Å². The molecule has 3 N–H and O–H groups in total. The highest BCUT2D eigenvalue weighted by Gasteiger charge is 2.08. The van der Waals surface area contributed by atoms with E-state index in [1.165, 1.54) is 32.4 Å². The van der Waals surface area contributed by atoms with Crippen LogP contribution in [0, 0.1) is 0 Å². The maximum atomic E-state index is 6.00. The summed E-state index contributed by atoms with van der Waals surface area (Å²) >= 11 is 0. The summed E-state index contributed by atoms with van der Waals surface area (Å²) in [6.07, 6.45) is 3.95.